The number of nitrogens with zero attached hydrogens (tertiary/aromatic N) is 3. The lowest BCUT2D eigenvalue weighted by molar-refractivity contribution is 0.600. The van der Waals surface area contributed by atoms with Gasteiger partial charge in [-0.25, -0.2) is 18.4 Å². The van der Waals surface area contributed by atoms with Crippen LogP contribution >= 0.6 is 11.6 Å². The van der Waals surface area contributed by atoms with Gasteiger partial charge in [-0.1, -0.05) is 35.9 Å². The number of hydrogen-bond acceptors (Lipinski definition) is 6. The maximum atomic E-state index is 12.5. The summed E-state index contributed by atoms with van der Waals surface area (Å²) >= 11 is 5.86. The second-order valence-electron chi connectivity index (χ2n) is 6.67. The Labute approximate surface area is 185 Å². The number of pyridine rings is 1. The Balaban J connectivity index is 1.48. The standard InChI is InChI=1S/C22H18ClN5O2S/c23-17-9-7-16(8-10-17)15-31(29,30)28-19-5-3-4-18(14-19)26-22-25-13-11-21(27-22)20-6-1-2-12-24-20/h1-14,28H,15H2,(H,25,26,27). The van der Waals surface area contributed by atoms with E-state index >= 15 is 0 Å². The lowest BCUT2D eigenvalue weighted by atomic mass is 10.2. The number of anilines is 3. The van der Waals surface area contributed by atoms with E-state index in [-0.39, 0.29) is 5.75 Å². The molecule has 4 aromatic rings. The van der Waals surface area contributed by atoms with Crippen LogP contribution in [0, 0.1) is 0 Å². The quantitative estimate of drug-likeness (QED) is 0.415. The number of nitrogens with one attached hydrogen (secondary N) is 2. The number of halogens is 1. The van der Waals surface area contributed by atoms with E-state index in [1.54, 1.807) is 67.0 Å². The lowest BCUT2D eigenvalue weighted by Crippen LogP contribution is -2.15. The van der Waals surface area contributed by atoms with Gasteiger partial charge >= 0.3 is 0 Å². The van der Waals surface area contributed by atoms with Gasteiger partial charge in [0.25, 0.3) is 0 Å². The second kappa shape index (κ2) is 9.11. The van der Waals surface area contributed by atoms with Crippen molar-refractivity contribution in [2.75, 3.05) is 10.0 Å². The Kier molecular flexibility index (Phi) is 6.11. The molecule has 9 heteroatoms. The smallest absolute Gasteiger partial charge is 0.236 e. The predicted molar refractivity (Wildman–Crippen MR) is 123 cm³/mol. The van der Waals surface area contributed by atoms with Crippen LogP contribution in [0.1, 0.15) is 5.56 Å². The first-order chi connectivity index (χ1) is 15.0. The fourth-order valence-corrected chi connectivity index (χ4v) is 4.20. The van der Waals surface area contributed by atoms with Gasteiger partial charge in [-0.2, -0.15) is 0 Å². The molecule has 2 N–H and O–H groups in total. The molecular weight excluding hydrogens is 434 g/mol. The van der Waals surface area contributed by atoms with Crippen LogP contribution in [-0.2, 0) is 15.8 Å². The molecule has 2 heterocycles. The van der Waals surface area contributed by atoms with Gasteiger partial charge in [0.05, 0.1) is 22.8 Å². The summed E-state index contributed by atoms with van der Waals surface area (Å²) in [5.41, 5.74) is 3.13. The number of rotatable bonds is 7. The molecular formula is C22H18ClN5O2S. The molecule has 0 aliphatic heterocycles. The maximum Gasteiger partial charge on any atom is 0.236 e. The lowest BCUT2D eigenvalue weighted by Gasteiger charge is -2.11. The molecule has 0 bridgehead atoms. The van der Waals surface area contributed by atoms with Crippen LogP contribution in [0.3, 0.4) is 0 Å². The van der Waals surface area contributed by atoms with E-state index in [1.165, 1.54) is 0 Å². The Hall–Kier alpha value is -3.49. The monoisotopic (exact) mass is 451 g/mol. The summed E-state index contributed by atoms with van der Waals surface area (Å²) in [6.45, 7) is 0. The minimum atomic E-state index is -3.59. The van der Waals surface area contributed by atoms with Gasteiger partial charge in [-0.15, -0.1) is 0 Å². The normalized spacial score (nSPS) is 11.1. The van der Waals surface area contributed by atoms with Crippen molar-refractivity contribution >= 4 is 38.9 Å². The van der Waals surface area contributed by atoms with Crippen molar-refractivity contribution in [1.82, 2.24) is 15.0 Å². The average Bonchev–Trinajstić information content (AvgIpc) is 2.76. The summed E-state index contributed by atoms with van der Waals surface area (Å²) < 4.78 is 27.7. The van der Waals surface area contributed by atoms with E-state index in [0.717, 1.165) is 5.69 Å². The Morgan fingerprint density at radius 2 is 1.61 bits per heavy atom. The highest BCUT2D eigenvalue weighted by Crippen LogP contribution is 2.22. The Bertz CT molecular complexity index is 1280. The minimum absolute atomic E-state index is 0.156. The predicted octanol–water partition coefficient (Wildman–Crippen LogP) is 4.88. The van der Waals surface area contributed by atoms with E-state index in [2.05, 4.69) is 25.0 Å². The van der Waals surface area contributed by atoms with Crippen molar-refractivity contribution in [2.45, 2.75) is 5.75 Å². The van der Waals surface area contributed by atoms with Crippen molar-refractivity contribution in [3.8, 4) is 11.4 Å². The molecule has 0 saturated carbocycles. The zero-order chi connectivity index (χ0) is 21.7. The molecule has 0 aliphatic rings. The van der Waals surface area contributed by atoms with Gasteiger partial charge in [0.1, 0.15) is 0 Å². The van der Waals surface area contributed by atoms with Crippen molar-refractivity contribution < 1.29 is 8.42 Å². The van der Waals surface area contributed by atoms with Crippen LogP contribution in [0.15, 0.2) is 85.2 Å². The number of aromatic nitrogens is 3. The van der Waals surface area contributed by atoms with Crippen LogP contribution in [0.2, 0.25) is 5.02 Å². The molecule has 0 saturated heterocycles. The number of sulfonamides is 1. The van der Waals surface area contributed by atoms with E-state index in [9.17, 15) is 8.42 Å². The summed E-state index contributed by atoms with van der Waals surface area (Å²) in [5.74, 6) is 0.223. The molecule has 0 aliphatic carbocycles. The first-order valence-electron chi connectivity index (χ1n) is 9.33. The summed E-state index contributed by atoms with van der Waals surface area (Å²) in [6.07, 6.45) is 3.34. The van der Waals surface area contributed by atoms with E-state index in [0.29, 0.717) is 33.6 Å². The SMILES string of the molecule is O=S(=O)(Cc1ccc(Cl)cc1)Nc1cccc(Nc2nccc(-c3ccccn3)n2)c1. The molecule has 2 aromatic heterocycles. The molecule has 0 atom stereocenters. The van der Waals surface area contributed by atoms with Gasteiger partial charge in [-0.05, 0) is 54.1 Å². The summed E-state index contributed by atoms with van der Waals surface area (Å²) in [5, 5.41) is 3.65. The number of hydrogen-bond donors (Lipinski definition) is 2. The molecule has 0 unspecified atom stereocenters. The van der Waals surface area contributed by atoms with Crippen molar-refractivity contribution in [1.29, 1.82) is 0 Å². The summed E-state index contributed by atoms with van der Waals surface area (Å²) in [7, 11) is -3.59. The fourth-order valence-electron chi connectivity index (χ4n) is 2.88. The van der Waals surface area contributed by atoms with Gasteiger partial charge in [0.2, 0.25) is 16.0 Å². The molecule has 4 rings (SSSR count). The molecule has 0 fully saturated rings. The zero-order valence-electron chi connectivity index (χ0n) is 16.2. The van der Waals surface area contributed by atoms with Gasteiger partial charge < -0.3 is 5.32 Å². The van der Waals surface area contributed by atoms with Crippen LogP contribution in [0.4, 0.5) is 17.3 Å². The van der Waals surface area contributed by atoms with Gasteiger partial charge in [0, 0.05) is 23.1 Å². The average molecular weight is 452 g/mol. The third-order valence-corrected chi connectivity index (χ3v) is 5.76. The summed E-state index contributed by atoms with van der Waals surface area (Å²) in [4.78, 5) is 13.0. The van der Waals surface area contributed by atoms with Crippen LogP contribution < -0.4 is 10.0 Å². The third-order valence-electron chi connectivity index (χ3n) is 4.24. The van der Waals surface area contributed by atoms with Gasteiger partial charge in [-0.3, -0.25) is 9.71 Å². The number of benzene rings is 2. The van der Waals surface area contributed by atoms with Gasteiger partial charge in [0.15, 0.2) is 0 Å². The van der Waals surface area contributed by atoms with E-state index in [4.69, 9.17) is 11.6 Å². The molecule has 156 valence electrons. The molecule has 0 radical (unpaired) electrons. The van der Waals surface area contributed by atoms with Crippen LogP contribution in [0.25, 0.3) is 11.4 Å². The van der Waals surface area contributed by atoms with E-state index < -0.39 is 10.0 Å². The molecule has 0 spiro atoms. The second-order valence-corrected chi connectivity index (χ2v) is 8.83. The highest BCUT2D eigenvalue weighted by atomic mass is 35.5. The summed E-state index contributed by atoms with van der Waals surface area (Å²) in [6, 6.07) is 20.9. The maximum absolute atomic E-state index is 12.5. The minimum Gasteiger partial charge on any atom is -0.324 e. The molecule has 7 nitrogen and oxygen atoms in total. The first-order valence-corrected chi connectivity index (χ1v) is 11.4. The Morgan fingerprint density at radius 3 is 2.39 bits per heavy atom. The highest BCUT2D eigenvalue weighted by molar-refractivity contribution is 7.91. The highest BCUT2D eigenvalue weighted by Gasteiger charge is 2.12. The molecule has 2 aromatic carbocycles. The first kappa shape index (κ1) is 20.8. The van der Waals surface area contributed by atoms with E-state index in [1.807, 2.05) is 18.2 Å². The third kappa shape index (κ3) is 5.78. The van der Waals surface area contributed by atoms with Crippen molar-refractivity contribution in [3.63, 3.8) is 0 Å². The zero-order valence-corrected chi connectivity index (χ0v) is 17.8. The Morgan fingerprint density at radius 1 is 0.806 bits per heavy atom. The van der Waals surface area contributed by atoms with Crippen LogP contribution in [0.5, 0.6) is 0 Å². The largest absolute Gasteiger partial charge is 0.324 e. The van der Waals surface area contributed by atoms with Crippen LogP contribution in [-0.4, -0.2) is 23.4 Å². The topological polar surface area (TPSA) is 96.9 Å². The van der Waals surface area contributed by atoms with Crippen molar-refractivity contribution in [2.24, 2.45) is 0 Å². The molecule has 0 amide bonds. The molecule has 31 heavy (non-hydrogen) atoms. The van der Waals surface area contributed by atoms with Crippen molar-refractivity contribution in [3.05, 3.63) is 95.8 Å². The fraction of sp³-hybridized carbons (Fsp3) is 0.0455.